The Morgan fingerprint density at radius 2 is 2.00 bits per heavy atom. The summed E-state index contributed by atoms with van der Waals surface area (Å²) in [5.41, 5.74) is 1.40. The molecule has 0 unspecified atom stereocenters. The fraction of sp³-hybridized carbons (Fsp3) is 0.571. The molecule has 3 rings (SSSR count). The molecule has 0 spiro atoms. The molecule has 0 saturated carbocycles. The van der Waals surface area contributed by atoms with Gasteiger partial charge in [0.05, 0.1) is 12.6 Å². The summed E-state index contributed by atoms with van der Waals surface area (Å²) in [4.78, 5) is 2.57. The summed E-state index contributed by atoms with van der Waals surface area (Å²) >= 11 is 0. The van der Waals surface area contributed by atoms with E-state index in [-0.39, 0.29) is 0 Å². The van der Waals surface area contributed by atoms with E-state index >= 15 is 0 Å². The van der Waals surface area contributed by atoms with E-state index in [2.05, 4.69) is 42.2 Å². The maximum Gasteiger partial charge on any atom is 0.111 e. The third kappa shape index (κ3) is 1.66. The number of benzene rings is 1. The molecule has 0 aromatic heterocycles. The third-order valence-electron chi connectivity index (χ3n) is 3.91. The van der Waals surface area contributed by atoms with Crippen LogP contribution in [0.3, 0.4) is 0 Å². The van der Waals surface area contributed by atoms with Crippen LogP contribution in [0.5, 0.6) is 0 Å². The second-order valence-corrected chi connectivity index (χ2v) is 4.94. The molecule has 3 atom stereocenters. The number of hydrogen-bond donors (Lipinski definition) is 0. The largest absolute Gasteiger partial charge is 0.361 e. The fourth-order valence-electron chi connectivity index (χ4n) is 3.08. The highest BCUT2D eigenvalue weighted by molar-refractivity contribution is 5.20. The molecule has 0 radical (unpaired) electrons. The molecule has 2 heterocycles. The fourth-order valence-corrected chi connectivity index (χ4v) is 3.08. The predicted octanol–water partition coefficient (Wildman–Crippen LogP) is 2.96. The van der Waals surface area contributed by atoms with E-state index in [9.17, 15) is 0 Å². The normalized spacial score (nSPS) is 34.9. The van der Waals surface area contributed by atoms with Gasteiger partial charge in [-0.1, -0.05) is 30.3 Å². The van der Waals surface area contributed by atoms with Crippen molar-refractivity contribution in [2.24, 2.45) is 0 Å². The molecule has 86 valence electrons. The van der Waals surface area contributed by atoms with Gasteiger partial charge in [-0.2, -0.15) is 0 Å². The maximum atomic E-state index is 5.92. The van der Waals surface area contributed by atoms with Crippen LogP contribution >= 0.6 is 0 Å². The van der Waals surface area contributed by atoms with E-state index < -0.39 is 0 Å². The highest BCUT2D eigenvalue weighted by Gasteiger charge is 2.40. The van der Waals surface area contributed by atoms with Gasteiger partial charge in [-0.05, 0) is 31.7 Å². The van der Waals surface area contributed by atoms with Crippen molar-refractivity contribution in [2.45, 2.75) is 44.5 Å². The molecule has 2 nitrogen and oxygen atoms in total. The first-order valence-electron chi connectivity index (χ1n) is 6.30. The first-order valence-corrected chi connectivity index (χ1v) is 6.30. The number of rotatable bonds is 1. The smallest absolute Gasteiger partial charge is 0.111 e. The number of fused-ring (bicyclic) bond motifs is 1. The monoisotopic (exact) mass is 217 g/mol. The molecule has 2 aliphatic rings. The molecule has 1 aromatic carbocycles. The van der Waals surface area contributed by atoms with E-state index in [1.54, 1.807) is 0 Å². The zero-order valence-electron chi connectivity index (χ0n) is 9.80. The van der Waals surface area contributed by atoms with Crippen LogP contribution < -0.4 is 0 Å². The van der Waals surface area contributed by atoms with Gasteiger partial charge in [0.2, 0.25) is 0 Å². The van der Waals surface area contributed by atoms with Crippen molar-refractivity contribution >= 4 is 0 Å². The lowest BCUT2D eigenvalue weighted by Crippen LogP contribution is -2.42. The minimum absolute atomic E-state index is 0.369. The van der Waals surface area contributed by atoms with Crippen molar-refractivity contribution in [2.75, 3.05) is 6.61 Å². The highest BCUT2D eigenvalue weighted by Crippen LogP contribution is 2.38. The van der Waals surface area contributed by atoms with E-state index in [0.717, 1.165) is 6.61 Å². The quantitative estimate of drug-likeness (QED) is 0.717. The lowest BCUT2D eigenvalue weighted by Gasteiger charge is -2.37. The van der Waals surface area contributed by atoms with E-state index in [0.29, 0.717) is 18.3 Å². The van der Waals surface area contributed by atoms with E-state index in [4.69, 9.17) is 4.74 Å². The van der Waals surface area contributed by atoms with Crippen molar-refractivity contribution in [3.8, 4) is 0 Å². The lowest BCUT2D eigenvalue weighted by atomic mass is 9.98. The first-order chi connectivity index (χ1) is 7.86. The van der Waals surface area contributed by atoms with Gasteiger partial charge >= 0.3 is 0 Å². The molecule has 2 fully saturated rings. The molecule has 1 aromatic rings. The zero-order chi connectivity index (χ0) is 11.0. The van der Waals surface area contributed by atoms with Crippen molar-refractivity contribution in [3.63, 3.8) is 0 Å². The molecular weight excluding hydrogens is 198 g/mol. The summed E-state index contributed by atoms with van der Waals surface area (Å²) in [6.07, 6.45) is 4.19. The average Bonchev–Trinajstić information content (AvgIpc) is 2.75. The van der Waals surface area contributed by atoms with Crippen molar-refractivity contribution in [1.82, 2.24) is 4.90 Å². The summed E-state index contributed by atoms with van der Waals surface area (Å²) in [5, 5.41) is 0. The van der Waals surface area contributed by atoms with Crippen LogP contribution in [-0.4, -0.2) is 23.8 Å². The summed E-state index contributed by atoms with van der Waals surface area (Å²) in [7, 11) is 0. The Bertz CT molecular complexity index is 351. The minimum atomic E-state index is 0.369. The SMILES string of the molecule is C[C@H]1CCC[C@H]2OC[C@@H](c3ccccc3)N12. The summed E-state index contributed by atoms with van der Waals surface area (Å²) < 4.78 is 5.92. The molecule has 2 heteroatoms. The first kappa shape index (κ1) is 10.3. The van der Waals surface area contributed by atoms with Crippen LogP contribution in [0.4, 0.5) is 0 Å². The van der Waals surface area contributed by atoms with Gasteiger partial charge in [0, 0.05) is 6.04 Å². The van der Waals surface area contributed by atoms with E-state index in [1.807, 2.05) is 0 Å². The Kier molecular flexibility index (Phi) is 2.70. The minimum Gasteiger partial charge on any atom is -0.361 e. The molecule has 0 aliphatic carbocycles. The van der Waals surface area contributed by atoms with Crippen LogP contribution in [0.2, 0.25) is 0 Å². The number of ether oxygens (including phenoxy) is 1. The van der Waals surface area contributed by atoms with Crippen LogP contribution in [0, 0.1) is 0 Å². The molecule has 16 heavy (non-hydrogen) atoms. The Morgan fingerprint density at radius 1 is 1.19 bits per heavy atom. The third-order valence-corrected chi connectivity index (χ3v) is 3.91. The number of nitrogens with zero attached hydrogens (tertiary/aromatic N) is 1. The van der Waals surface area contributed by atoms with Crippen LogP contribution in [0.25, 0.3) is 0 Å². The number of piperidine rings is 1. The van der Waals surface area contributed by atoms with Crippen LogP contribution in [-0.2, 0) is 4.74 Å². The van der Waals surface area contributed by atoms with Crippen molar-refractivity contribution in [3.05, 3.63) is 35.9 Å². The second kappa shape index (κ2) is 4.19. The Hall–Kier alpha value is -0.860. The van der Waals surface area contributed by atoms with E-state index in [1.165, 1.54) is 24.8 Å². The maximum absolute atomic E-state index is 5.92. The lowest BCUT2D eigenvalue weighted by molar-refractivity contribution is -0.0211. The predicted molar refractivity (Wildman–Crippen MR) is 64.1 cm³/mol. The summed E-state index contributed by atoms with van der Waals surface area (Å²) in [5.74, 6) is 0. The summed E-state index contributed by atoms with van der Waals surface area (Å²) in [6.45, 7) is 3.19. The van der Waals surface area contributed by atoms with Gasteiger partial charge in [0.1, 0.15) is 6.23 Å². The zero-order valence-corrected chi connectivity index (χ0v) is 9.80. The van der Waals surface area contributed by atoms with Crippen LogP contribution in [0.15, 0.2) is 30.3 Å². The molecule has 2 aliphatic heterocycles. The number of hydrogen-bond acceptors (Lipinski definition) is 2. The molecule has 0 N–H and O–H groups in total. The molecule has 0 amide bonds. The molecular formula is C14H19NO. The molecule has 2 saturated heterocycles. The van der Waals surface area contributed by atoms with Gasteiger partial charge in [0.25, 0.3) is 0 Å². The topological polar surface area (TPSA) is 12.5 Å². The van der Waals surface area contributed by atoms with Gasteiger partial charge in [-0.3, -0.25) is 4.90 Å². The second-order valence-electron chi connectivity index (χ2n) is 4.94. The Balaban J connectivity index is 1.86. The van der Waals surface area contributed by atoms with Gasteiger partial charge in [-0.25, -0.2) is 0 Å². The summed E-state index contributed by atoms with van der Waals surface area (Å²) in [6, 6.07) is 11.9. The van der Waals surface area contributed by atoms with Gasteiger partial charge < -0.3 is 4.74 Å². The highest BCUT2D eigenvalue weighted by atomic mass is 16.5. The average molecular weight is 217 g/mol. The van der Waals surface area contributed by atoms with Gasteiger partial charge in [0.15, 0.2) is 0 Å². The Labute approximate surface area is 97.2 Å². The van der Waals surface area contributed by atoms with Crippen LogP contribution in [0.1, 0.15) is 37.8 Å². The van der Waals surface area contributed by atoms with Crippen molar-refractivity contribution < 1.29 is 4.74 Å². The van der Waals surface area contributed by atoms with Gasteiger partial charge in [-0.15, -0.1) is 0 Å². The standard InChI is InChI=1S/C14H19NO/c1-11-6-5-9-14-15(11)13(10-16-14)12-7-3-2-4-8-12/h2-4,7-8,11,13-14H,5-6,9-10H2,1H3/t11-,13-,14+/m0/s1. The van der Waals surface area contributed by atoms with Crippen molar-refractivity contribution in [1.29, 1.82) is 0 Å². The molecule has 0 bridgehead atoms. The Morgan fingerprint density at radius 3 is 2.81 bits per heavy atom.